The zero-order chi connectivity index (χ0) is 30.9. The minimum atomic E-state index is -1.01. The van der Waals surface area contributed by atoms with Crippen molar-refractivity contribution in [3.63, 3.8) is 0 Å². The number of nitrogens with two attached hydrogens (primary N) is 1. The fourth-order valence-corrected chi connectivity index (χ4v) is 5.44. The molecule has 0 aliphatic carbocycles. The van der Waals surface area contributed by atoms with Crippen molar-refractivity contribution in [2.45, 2.75) is 72.1 Å². The van der Waals surface area contributed by atoms with Crippen LogP contribution in [-0.2, 0) is 31.3 Å². The summed E-state index contributed by atoms with van der Waals surface area (Å²) in [5.74, 6) is 0.0270. The molecule has 1 amide bonds. The number of carbonyl (C=O) groups excluding carboxylic acids is 1. The highest BCUT2D eigenvalue weighted by molar-refractivity contribution is 5.89. The molecule has 1 aliphatic rings. The Morgan fingerprint density at radius 3 is 2.65 bits per heavy atom. The molecule has 12 nitrogen and oxygen atoms in total. The molecule has 0 saturated heterocycles. The SMILES string of the molecule is Cc1cc(C(=O)O)cc(-c2cnn(C)c2OCCCCCn2c(N)nc3ccc4c(c32)CCN(C(=O)OC(C)(C)C)C4)n1. The van der Waals surface area contributed by atoms with Gasteiger partial charge in [0.1, 0.15) is 5.60 Å². The Bertz CT molecular complexity index is 1670. The third-order valence-electron chi connectivity index (χ3n) is 7.41. The number of fused-ring (bicyclic) bond motifs is 3. The van der Waals surface area contributed by atoms with Gasteiger partial charge in [0.15, 0.2) is 0 Å². The number of benzene rings is 1. The predicted octanol–water partition coefficient (Wildman–Crippen LogP) is 4.96. The molecule has 0 unspecified atom stereocenters. The number of hydrogen-bond donors (Lipinski definition) is 2. The molecule has 0 spiro atoms. The summed E-state index contributed by atoms with van der Waals surface area (Å²) in [6.45, 7) is 9.64. The number of carbonyl (C=O) groups is 2. The van der Waals surface area contributed by atoms with Crippen molar-refractivity contribution in [2.75, 3.05) is 18.9 Å². The van der Waals surface area contributed by atoms with Crippen molar-refractivity contribution in [1.29, 1.82) is 0 Å². The number of nitrogens with zero attached hydrogens (tertiary/aromatic N) is 6. The van der Waals surface area contributed by atoms with Crippen molar-refractivity contribution in [3.05, 3.63) is 52.8 Å². The number of aromatic nitrogens is 5. The van der Waals surface area contributed by atoms with E-state index in [0.29, 0.717) is 54.9 Å². The van der Waals surface area contributed by atoms with Crippen LogP contribution in [0.5, 0.6) is 5.88 Å². The maximum absolute atomic E-state index is 12.6. The largest absolute Gasteiger partial charge is 0.478 e. The Labute approximate surface area is 250 Å². The number of carboxylic acids is 1. The quantitative estimate of drug-likeness (QED) is 0.258. The minimum Gasteiger partial charge on any atom is -0.478 e. The number of anilines is 1. The van der Waals surface area contributed by atoms with E-state index in [2.05, 4.69) is 19.6 Å². The Morgan fingerprint density at radius 2 is 1.91 bits per heavy atom. The van der Waals surface area contributed by atoms with Gasteiger partial charge in [0.05, 0.1) is 40.7 Å². The summed E-state index contributed by atoms with van der Waals surface area (Å²) >= 11 is 0. The van der Waals surface area contributed by atoms with Crippen LogP contribution >= 0.6 is 0 Å². The molecule has 0 bridgehead atoms. The second kappa shape index (κ2) is 11.9. The van der Waals surface area contributed by atoms with Crippen molar-refractivity contribution in [1.82, 2.24) is 29.2 Å². The monoisotopic (exact) mass is 589 g/mol. The van der Waals surface area contributed by atoms with Crippen LogP contribution in [-0.4, -0.2) is 65.1 Å². The molecule has 0 radical (unpaired) electrons. The van der Waals surface area contributed by atoms with Gasteiger partial charge >= 0.3 is 12.1 Å². The van der Waals surface area contributed by atoms with E-state index in [0.717, 1.165) is 42.4 Å². The number of amides is 1. The van der Waals surface area contributed by atoms with Gasteiger partial charge in [0.2, 0.25) is 11.8 Å². The Balaban J connectivity index is 1.20. The number of hydrogen-bond acceptors (Lipinski definition) is 8. The lowest BCUT2D eigenvalue weighted by molar-refractivity contribution is 0.0224. The lowest BCUT2D eigenvalue weighted by Crippen LogP contribution is -2.40. The van der Waals surface area contributed by atoms with Gasteiger partial charge in [-0.2, -0.15) is 5.10 Å². The molecule has 3 N–H and O–H groups in total. The van der Waals surface area contributed by atoms with Crippen LogP contribution < -0.4 is 10.5 Å². The van der Waals surface area contributed by atoms with E-state index >= 15 is 0 Å². The molecule has 228 valence electrons. The van der Waals surface area contributed by atoms with Gasteiger partial charge in [-0.05, 0) is 82.7 Å². The molecule has 1 aromatic carbocycles. The predicted molar refractivity (Wildman–Crippen MR) is 162 cm³/mol. The first-order valence-corrected chi connectivity index (χ1v) is 14.5. The first-order valence-electron chi connectivity index (χ1n) is 14.5. The molecule has 4 heterocycles. The highest BCUT2D eigenvalue weighted by Gasteiger charge is 2.28. The summed E-state index contributed by atoms with van der Waals surface area (Å²) < 4.78 is 15.4. The lowest BCUT2D eigenvalue weighted by Gasteiger charge is -2.31. The second-order valence-corrected chi connectivity index (χ2v) is 11.9. The fraction of sp³-hybridized carbons (Fsp3) is 0.452. The highest BCUT2D eigenvalue weighted by Crippen LogP contribution is 2.31. The zero-order valence-electron chi connectivity index (χ0n) is 25.4. The first-order chi connectivity index (χ1) is 20.4. The summed E-state index contributed by atoms with van der Waals surface area (Å²) in [7, 11) is 1.78. The van der Waals surface area contributed by atoms with Crippen molar-refractivity contribution >= 4 is 29.0 Å². The number of unbranched alkanes of at least 4 members (excludes halogenated alkanes) is 2. The van der Waals surface area contributed by atoms with E-state index in [-0.39, 0.29) is 11.7 Å². The average molecular weight is 590 g/mol. The van der Waals surface area contributed by atoms with Crippen LogP contribution in [0.15, 0.2) is 30.5 Å². The fourth-order valence-electron chi connectivity index (χ4n) is 5.44. The molecular weight excluding hydrogens is 550 g/mol. The number of aromatic carboxylic acids is 1. The van der Waals surface area contributed by atoms with Gasteiger partial charge in [-0.3, -0.25) is 4.98 Å². The van der Waals surface area contributed by atoms with Gasteiger partial charge in [0.25, 0.3) is 0 Å². The van der Waals surface area contributed by atoms with Crippen LogP contribution in [0.1, 0.15) is 67.2 Å². The molecule has 12 heteroatoms. The number of imidazole rings is 1. The topological polar surface area (TPSA) is 151 Å². The number of rotatable bonds is 9. The number of nitrogen functional groups attached to an aromatic ring is 1. The Morgan fingerprint density at radius 1 is 1.12 bits per heavy atom. The average Bonchev–Trinajstić information content (AvgIpc) is 3.47. The van der Waals surface area contributed by atoms with Gasteiger partial charge in [0, 0.05) is 32.4 Å². The molecule has 0 atom stereocenters. The lowest BCUT2D eigenvalue weighted by atomic mass is 9.98. The molecule has 43 heavy (non-hydrogen) atoms. The first kappa shape index (κ1) is 29.9. The van der Waals surface area contributed by atoms with E-state index in [1.54, 1.807) is 29.7 Å². The number of aryl methyl sites for hydroxylation is 3. The Hall–Kier alpha value is -4.61. The molecule has 1 aliphatic heterocycles. The van der Waals surface area contributed by atoms with Crippen molar-refractivity contribution in [3.8, 4) is 17.1 Å². The number of ether oxygens (including phenoxy) is 2. The number of carboxylic acid groups (broad SMARTS) is 1. The van der Waals surface area contributed by atoms with E-state index in [9.17, 15) is 14.7 Å². The minimum absolute atomic E-state index is 0.172. The van der Waals surface area contributed by atoms with Crippen LogP contribution in [0, 0.1) is 6.92 Å². The molecule has 5 rings (SSSR count). The molecule has 4 aromatic rings. The number of pyridine rings is 1. The normalized spacial score (nSPS) is 13.3. The maximum Gasteiger partial charge on any atom is 0.410 e. The third kappa shape index (κ3) is 6.58. The van der Waals surface area contributed by atoms with E-state index in [1.165, 1.54) is 17.7 Å². The maximum atomic E-state index is 12.6. The molecule has 3 aromatic heterocycles. The van der Waals surface area contributed by atoms with E-state index < -0.39 is 11.6 Å². The highest BCUT2D eigenvalue weighted by atomic mass is 16.6. The Kier molecular flexibility index (Phi) is 8.30. The second-order valence-electron chi connectivity index (χ2n) is 11.9. The van der Waals surface area contributed by atoms with Gasteiger partial charge < -0.3 is 29.8 Å². The van der Waals surface area contributed by atoms with Crippen LogP contribution in [0.2, 0.25) is 0 Å². The van der Waals surface area contributed by atoms with Crippen LogP contribution in [0.25, 0.3) is 22.3 Å². The smallest absolute Gasteiger partial charge is 0.410 e. The van der Waals surface area contributed by atoms with Crippen LogP contribution in [0.4, 0.5) is 10.7 Å². The summed E-state index contributed by atoms with van der Waals surface area (Å²) in [4.78, 5) is 35.0. The van der Waals surface area contributed by atoms with Crippen LogP contribution in [0.3, 0.4) is 0 Å². The van der Waals surface area contributed by atoms with Gasteiger partial charge in [-0.15, -0.1) is 0 Å². The zero-order valence-corrected chi connectivity index (χ0v) is 25.4. The summed E-state index contributed by atoms with van der Waals surface area (Å²) in [6, 6.07) is 7.07. The third-order valence-corrected chi connectivity index (χ3v) is 7.41. The summed E-state index contributed by atoms with van der Waals surface area (Å²) in [5.41, 5.74) is 11.9. The summed E-state index contributed by atoms with van der Waals surface area (Å²) in [6.07, 6.45) is 4.64. The summed E-state index contributed by atoms with van der Waals surface area (Å²) in [5, 5.41) is 13.7. The molecular formula is C31H39N7O5. The molecule has 0 saturated carbocycles. The van der Waals surface area contributed by atoms with E-state index in [1.807, 2.05) is 32.9 Å². The van der Waals surface area contributed by atoms with E-state index in [4.69, 9.17) is 15.2 Å². The standard InChI is InChI=1S/C31H39N7O5/c1-19-15-21(28(39)40)16-25(34-19)23-17-33-36(5)27(23)42-14-8-6-7-12-38-26-22-11-13-37(30(41)43-31(2,3)4)18-20(22)9-10-24(26)35-29(38)32/h9-10,15-17H,6-8,11-14,18H2,1-5H3,(H2,32,35)(H,39,40). The van der Waals surface area contributed by atoms with Crippen molar-refractivity contribution in [2.24, 2.45) is 7.05 Å². The van der Waals surface area contributed by atoms with Gasteiger partial charge in [-0.25, -0.2) is 19.3 Å². The van der Waals surface area contributed by atoms with Crippen molar-refractivity contribution < 1.29 is 24.2 Å². The van der Waals surface area contributed by atoms with Gasteiger partial charge in [-0.1, -0.05) is 6.07 Å². The molecule has 0 fully saturated rings.